The Kier molecular flexibility index (Phi) is 4.50. The van der Waals surface area contributed by atoms with Gasteiger partial charge in [-0.3, -0.25) is 0 Å². The summed E-state index contributed by atoms with van der Waals surface area (Å²) >= 11 is 0. The quantitative estimate of drug-likeness (QED) is 0.793. The van der Waals surface area contributed by atoms with Crippen molar-refractivity contribution in [3.05, 3.63) is 29.3 Å². The highest BCUT2D eigenvalue weighted by molar-refractivity contribution is 7.87. The van der Waals surface area contributed by atoms with Gasteiger partial charge in [0.15, 0.2) is 0 Å². The maximum atomic E-state index is 12.1. The predicted molar refractivity (Wildman–Crippen MR) is 76.9 cm³/mol. The van der Waals surface area contributed by atoms with E-state index in [2.05, 4.69) is 0 Å². The molecule has 0 heterocycles. The summed E-state index contributed by atoms with van der Waals surface area (Å²) < 4.78 is 29.5. The van der Waals surface area contributed by atoms with E-state index in [-0.39, 0.29) is 11.7 Å². The maximum absolute atomic E-state index is 12.1. The Morgan fingerprint density at radius 3 is 2.53 bits per heavy atom. The van der Waals surface area contributed by atoms with Crippen LogP contribution in [0.3, 0.4) is 0 Å². The third kappa shape index (κ3) is 3.96. The summed E-state index contributed by atoms with van der Waals surface area (Å²) in [5.74, 6) is 0.889. The fraction of sp³-hybridized carbons (Fsp3) is 0.600. The van der Waals surface area contributed by atoms with Crippen molar-refractivity contribution in [1.82, 2.24) is 0 Å². The molecule has 19 heavy (non-hydrogen) atoms. The fourth-order valence-corrected chi connectivity index (χ4v) is 4.06. The molecule has 0 aromatic heterocycles. The van der Waals surface area contributed by atoms with Crippen molar-refractivity contribution in [2.45, 2.75) is 46.0 Å². The fourth-order valence-electron chi connectivity index (χ4n) is 2.63. The summed E-state index contributed by atoms with van der Waals surface area (Å²) in [6.07, 6.45) is 5.53. The molecular weight excluding hydrogens is 260 g/mol. The highest BCUT2D eigenvalue weighted by atomic mass is 32.2. The van der Waals surface area contributed by atoms with Crippen LogP contribution in [-0.2, 0) is 10.1 Å². The number of aryl methyl sites for hydroxylation is 1. The molecule has 1 fully saturated rings. The second kappa shape index (κ2) is 5.95. The minimum Gasteiger partial charge on any atom is -0.382 e. The van der Waals surface area contributed by atoms with Gasteiger partial charge in [-0.05, 0) is 49.8 Å². The summed E-state index contributed by atoms with van der Waals surface area (Å²) in [6.45, 7) is 3.84. The Labute approximate surface area is 116 Å². The molecule has 3 nitrogen and oxygen atoms in total. The Morgan fingerprint density at radius 2 is 1.84 bits per heavy atom. The van der Waals surface area contributed by atoms with Gasteiger partial charge in [-0.1, -0.05) is 31.4 Å². The van der Waals surface area contributed by atoms with E-state index in [0.717, 1.165) is 36.8 Å². The second-order valence-corrected chi connectivity index (χ2v) is 7.13. The summed E-state index contributed by atoms with van der Waals surface area (Å²) in [4.78, 5) is 0. The van der Waals surface area contributed by atoms with Gasteiger partial charge in [-0.25, -0.2) is 0 Å². The molecule has 0 spiro atoms. The molecule has 0 aliphatic heterocycles. The van der Waals surface area contributed by atoms with E-state index in [4.69, 9.17) is 4.18 Å². The van der Waals surface area contributed by atoms with Crippen LogP contribution in [0.2, 0.25) is 0 Å². The lowest BCUT2D eigenvalue weighted by molar-refractivity contribution is 0.375. The normalized spacial score (nSPS) is 17.4. The second-order valence-electron chi connectivity index (χ2n) is 5.51. The zero-order valence-electron chi connectivity index (χ0n) is 11.7. The van der Waals surface area contributed by atoms with E-state index < -0.39 is 10.1 Å². The molecule has 4 heteroatoms. The minimum atomic E-state index is -3.47. The molecule has 1 aromatic carbocycles. The van der Waals surface area contributed by atoms with Crippen LogP contribution in [0.15, 0.2) is 18.2 Å². The molecule has 2 rings (SSSR count). The minimum absolute atomic E-state index is 0.153. The van der Waals surface area contributed by atoms with Gasteiger partial charge in [0.2, 0.25) is 0 Å². The van der Waals surface area contributed by atoms with Crippen LogP contribution < -0.4 is 4.18 Å². The van der Waals surface area contributed by atoms with Crippen LogP contribution in [0.5, 0.6) is 5.75 Å². The third-order valence-corrected chi connectivity index (χ3v) is 5.25. The largest absolute Gasteiger partial charge is 0.382 e. The zero-order valence-corrected chi connectivity index (χ0v) is 12.5. The van der Waals surface area contributed by atoms with Crippen molar-refractivity contribution >= 4 is 10.1 Å². The SMILES string of the molecule is Cc1cccc(OS(=O)(=O)CC2CCCCC2)c1C. The number of hydrogen-bond acceptors (Lipinski definition) is 3. The van der Waals surface area contributed by atoms with Crippen molar-refractivity contribution in [3.63, 3.8) is 0 Å². The first-order chi connectivity index (χ1) is 8.98. The van der Waals surface area contributed by atoms with Crippen molar-refractivity contribution in [3.8, 4) is 5.75 Å². The average Bonchev–Trinajstić information content (AvgIpc) is 2.35. The highest BCUT2D eigenvalue weighted by Crippen LogP contribution is 2.27. The molecule has 0 bridgehead atoms. The molecule has 0 N–H and O–H groups in total. The third-order valence-electron chi connectivity index (χ3n) is 3.94. The molecule has 1 saturated carbocycles. The van der Waals surface area contributed by atoms with E-state index in [1.807, 2.05) is 26.0 Å². The van der Waals surface area contributed by atoms with Gasteiger partial charge in [-0.2, -0.15) is 8.42 Å². The lowest BCUT2D eigenvalue weighted by Gasteiger charge is -2.21. The van der Waals surface area contributed by atoms with Crippen LogP contribution in [0.25, 0.3) is 0 Å². The summed E-state index contributed by atoms with van der Waals surface area (Å²) in [6, 6.07) is 5.50. The first kappa shape index (κ1) is 14.4. The highest BCUT2D eigenvalue weighted by Gasteiger charge is 2.23. The van der Waals surface area contributed by atoms with Gasteiger partial charge in [0.05, 0.1) is 5.75 Å². The zero-order chi connectivity index (χ0) is 13.9. The Hall–Kier alpha value is -1.03. The Morgan fingerprint density at radius 1 is 1.16 bits per heavy atom. The van der Waals surface area contributed by atoms with Crippen molar-refractivity contribution in [1.29, 1.82) is 0 Å². The molecule has 0 radical (unpaired) electrons. The van der Waals surface area contributed by atoms with Crippen LogP contribution in [0.4, 0.5) is 0 Å². The first-order valence-electron chi connectivity index (χ1n) is 6.96. The average molecular weight is 282 g/mol. The van der Waals surface area contributed by atoms with Gasteiger partial charge in [-0.15, -0.1) is 0 Å². The van der Waals surface area contributed by atoms with Gasteiger partial charge < -0.3 is 4.18 Å². The number of rotatable bonds is 4. The molecule has 106 valence electrons. The van der Waals surface area contributed by atoms with Gasteiger partial charge in [0, 0.05) is 0 Å². The van der Waals surface area contributed by atoms with E-state index in [1.165, 1.54) is 6.42 Å². The van der Waals surface area contributed by atoms with E-state index in [1.54, 1.807) is 6.07 Å². The Bertz CT molecular complexity index is 528. The number of hydrogen-bond donors (Lipinski definition) is 0. The van der Waals surface area contributed by atoms with E-state index >= 15 is 0 Å². The van der Waals surface area contributed by atoms with Gasteiger partial charge in [0.1, 0.15) is 5.75 Å². The molecule has 1 aromatic rings. The van der Waals surface area contributed by atoms with Crippen LogP contribution in [-0.4, -0.2) is 14.2 Å². The van der Waals surface area contributed by atoms with Crippen LogP contribution in [0, 0.1) is 19.8 Å². The monoisotopic (exact) mass is 282 g/mol. The van der Waals surface area contributed by atoms with Crippen LogP contribution in [0.1, 0.15) is 43.2 Å². The molecule has 0 unspecified atom stereocenters. The van der Waals surface area contributed by atoms with E-state index in [9.17, 15) is 8.42 Å². The van der Waals surface area contributed by atoms with Crippen molar-refractivity contribution in [2.24, 2.45) is 5.92 Å². The first-order valence-corrected chi connectivity index (χ1v) is 8.54. The number of benzene rings is 1. The summed E-state index contributed by atoms with van der Waals surface area (Å²) in [7, 11) is -3.47. The standard InChI is InChI=1S/C15H22O3S/c1-12-7-6-10-15(13(12)2)18-19(16,17)11-14-8-4-3-5-9-14/h6-7,10,14H,3-5,8-9,11H2,1-2H3. The van der Waals surface area contributed by atoms with Gasteiger partial charge >= 0.3 is 10.1 Å². The van der Waals surface area contributed by atoms with Crippen molar-refractivity contribution < 1.29 is 12.6 Å². The molecule has 0 atom stereocenters. The Balaban J connectivity index is 2.06. The van der Waals surface area contributed by atoms with Gasteiger partial charge in [0.25, 0.3) is 0 Å². The summed E-state index contributed by atoms with van der Waals surface area (Å²) in [5, 5.41) is 0. The lowest BCUT2D eigenvalue weighted by atomic mass is 9.91. The molecule has 1 aliphatic rings. The molecule has 0 amide bonds. The van der Waals surface area contributed by atoms with Crippen molar-refractivity contribution in [2.75, 3.05) is 5.75 Å². The lowest BCUT2D eigenvalue weighted by Crippen LogP contribution is -2.22. The molecular formula is C15H22O3S. The predicted octanol–water partition coefficient (Wildman–Crippen LogP) is 3.59. The van der Waals surface area contributed by atoms with E-state index in [0.29, 0.717) is 5.75 Å². The smallest absolute Gasteiger partial charge is 0.309 e. The molecule has 0 saturated heterocycles. The maximum Gasteiger partial charge on any atom is 0.309 e. The molecule has 1 aliphatic carbocycles. The summed E-state index contributed by atoms with van der Waals surface area (Å²) in [5.41, 5.74) is 1.94. The topological polar surface area (TPSA) is 43.4 Å². The van der Waals surface area contributed by atoms with Crippen LogP contribution >= 0.6 is 0 Å².